The van der Waals surface area contributed by atoms with E-state index < -0.39 is 0 Å². The van der Waals surface area contributed by atoms with Crippen molar-refractivity contribution in [1.29, 1.82) is 0 Å². The number of allylic oxidation sites excluding steroid dienone is 2. The van der Waals surface area contributed by atoms with Crippen molar-refractivity contribution in [3.63, 3.8) is 0 Å². The Kier molecular flexibility index (Phi) is 46.4. The summed E-state index contributed by atoms with van der Waals surface area (Å²) in [4.78, 5) is 50.0. The number of aliphatic imine (C=N–C) groups is 1. The molecule has 5 heterocycles. The van der Waals surface area contributed by atoms with Crippen LogP contribution in [0.4, 0.5) is 0 Å². The molecular formula is C63H105N7O5. The summed E-state index contributed by atoms with van der Waals surface area (Å²) in [6, 6.07) is 29.0. The van der Waals surface area contributed by atoms with Gasteiger partial charge in [-0.1, -0.05) is 196 Å². The second kappa shape index (κ2) is 43.7. The van der Waals surface area contributed by atoms with Gasteiger partial charge < -0.3 is 19.8 Å². The number of phenolic OH excluding ortho intramolecular Hbond substituents is 1. The molecule has 7 rings (SSSR count). The molecule has 1 aliphatic heterocycles. The Hall–Kier alpha value is -6.69. The van der Waals surface area contributed by atoms with Crippen LogP contribution in [0.5, 0.6) is 11.6 Å². The Balaban J connectivity index is -0.000000183. The van der Waals surface area contributed by atoms with Crippen LogP contribution in [-0.2, 0) is 11.8 Å². The largest absolute Gasteiger partial charge is 0.508 e. The highest BCUT2D eigenvalue weighted by Crippen LogP contribution is 2.24. The van der Waals surface area contributed by atoms with Gasteiger partial charge in [0.15, 0.2) is 11.2 Å². The van der Waals surface area contributed by atoms with Crippen molar-refractivity contribution in [3.8, 4) is 11.6 Å². The fourth-order valence-electron chi connectivity index (χ4n) is 5.70. The number of hydrogen-bond acceptors (Lipinski definition) is 9. The summed E-state index contributed by atoms with van der Waals surface area (Å²) in [6.07, 6.45) is 10.4. The Labute approximate surface area is 456 Å². The third-order valence-corrected chi connectivity index (χ3v) is 10.0. The smallest absolute Gasteiger partial charge is 0.266 e. The number of methoxy groups -OCH3 is 1. The molecule has 6 aromatic rings. The lowest BCUT2D eigenvalue weighted by Crippen LogP contribution is -2.06. The number of aromatic hydroxyl groups is 1. The van der Waals surface area contributed by atoms with E-state index in [4.69, 9.17) is 4.74 Å². The average Bonchev–Trinajstić information content (AvgIpc) is 3.77. The number of nitrogens with one attached hydrogen (secondary N) is 2. The molecule has 0 saturated heterocycles. The minimum atomic E-state index is -0.149. The van der Waals surface area contributed by atoms with Crippen molar-refractivity contribution >= 4 is 12.0 Å². The Morgan fingerprint density at radius 2 is 1.17 bits per heavy atom. The summed E-state index contributed by atoms with van der Waals surface area (Å²) in [5.74, 6) is 4.46. The maximum atomic E-state index is 10.8. The number of aromatic nitrogens is 6. The van der Waals surface area contributed by atoms with Crippen molar-refractivity contribution in [2.75, 3.05) is 7.11 Å². The monoisotopic (exact) mass is 1040 g/mol. The second-order valence-electron chi connectivity index (χ2n) is 18.4. The van der Waals surface area contributed by atoms with Crippen LogP contribution >= 0.6 is 0 Å². The van der Waals surface area contributed by atoms with E-state index in [0.717, 1.165) is 34.0 Å². The fraction of sp³-hybridized carbons (Fsp3) is 0.476. The molecule has 2 aromatic carbocycles. The zero-order valence-corrected chi connectivity index (χ0v) is 44.2. The molecule has 0 fully saturated rings. The van der Waals surface area contributed by atoms with E-state index in [0.29, 0.717) is 59.5 Å². The Morgan fingerprint density at radius 3 is 1.53 bits per heavy atom. The molecule has 0 atom stereocenters. The van der Waals surface area contributed by atoms with Crippen molar-refractivity contribution < 1.29 is 14.6 Å². The van der Waals surface area contributed by atoms with E-state index in [2.05, 4.69) is 110 Å². The molecule has 75 heavy (non-hydrogen) atoms. The molecule has 1 aliphatic rings. The lowest BCUT2D eigenvalue weighted by atomic mass is 10.0. The first-order valence-electron chi connectivity index (χ1n) is 23.9. The number of pyridine rings is 2. The van der Waals surface area contributed by atoms with Crippen LogP contribution in [0.3, 0.4) is 0 Å². The summed E-state index contributed by atoms with van der Waals surface area (Å²) in [5, 5.41) is 13.5. The van der Waals surface area contributed by atoms with Gasteiger partial charge in [0.25, 0.3) is 5.56 Å². The van der Waals surface area contributed by atoms with Crippen molar-refractivity contribution in [2.24, 2.45) is 18.0 Å². The van der Waals surface area contributed by atoms with Gasteiger partial charge in [0, 0.05) is 79.6 Å². The van der Waals surface area contributed by atoms with Crippen LogP contribution in [0.2, 0.25) is 0 Å². The Bertz CT molecular complexity index is 2490. The van der Waals surface area contributed by atoms with Crippen molar-refractivity contribution in [1.82, 2.24) is 29.7 Å². The van der Waals surface area contributed by atoms with Crippen LogP contribution < -0.4 is 15.7 Å². The van der Waals surface area contributed by atoms with Gasteiger partial charge in [-0.25, -0.2) is 4.98 Å². The number of para-hydroxylation sites is 1. The molecule has 0 bridgehead atoms. The summed E-state index contributed by atoms with van der Waals surface area (Å²) < 4.78 is 6.82. The molecule has 3 N–H and O–H groups in total. The van der Waals surface area contributed by atoms with E-state index in [1.165, 1.54) is 17.8 Å². The molecule has 0 saturated carbocycles. The number of H-pyrrole nitrogens is 2. The predicted molar refractivity (Wildman–Crippen MR) is 326 cm³/mol. The number of aromatic amines is 2. The molecule has 422 valence electrons. The summed E-state index contributed by atoms with van der Waals surface area (Å²) in [5.41, 5.74) is 7.40. The molecule has 0 radical (unpaired) electrons. The minimum absolute atomic E-state index is 0. The SMILES string of the molecule is C.C.C.C.C.C.CC(C)C1=CC(=O)CC=N1.CC(C)c1c[nH]c(=O)cn1.CC(C)c1cc(=O)cc[nH]1.CC(C)c1ccccc1.CC(C)c1ccccc1O.CC(C)c1ccn(C)n1.COc1cccc(C(C)C)n1. The topological polar surface area (TPSA) is 168 Å². The quantitative estimate of drug-likeness (QED) is 0.135. The lowest BCUT2D eigenvalue weighted by Gasteiger charge is -2.07. The number of nitrogens with zero attached hydrogens (tertiary/aromatic N) is 5. The normalized spacial score (nSPS) is 10.5. The highest BCUT2D eigenvalue weighted by Gasteiger charge is 2.08. The third kappa shape index (κ3) is 34.4. The van der Waals surface area contributed by atoms with Gasteiger partial charge in [-0.3, -0.25) is 29.0 Å². The van der Waals surface area contributed by atoms with E-state index in [9.17, 15) is 19.5 Å². The number of rotatable bonds is 8. The number of ketones is 1. The van der Waals surface area contributed by atoms with Gasteiger partial charge in [0.2, 0.25) is 5.88 Å². The first-order chi connectivity index (χ1) is 32.5. The summed E-state index contributed by atoms with van der Waals surface area (Å²) >= 11 is 0. The zero-order valence-electron chi connectivity index (χ0n) is 44.2. The van der Waals surface area contributed by atoms with Crippen molar-refractivity contribution in [2.45, 2.75) is 183 Å². The first-order valence-corrected chi connectivity index (χ1v) is 23.9. The van der Waals surface area contributed by atoms with Crippen LogP contribution in [-0.4, -0.2) is 53.9 Å². The van der Waals surface area contributed by atoms with Gasteiger partial charge in [-0.05, 0) is 70.8 Å². The standard InChI is InChI=1S/C9H13NO.C9H12O.C9H12.2C8H11NO.C7H10N2O.C7H12N2.6CH4/c1-7(2)8-5-4-6-9(10-8)11-3;1-7(2)8-5-3-4-6-9(8)10;1-8(2)9-6-4-3-5-7-9;2*1-6(2)8-5-7(10)3-4-9-8;1-5(2)6-3-9-7(10)4-8-6;1-6(2)7-4-5-9(3)8-7;;;;;;/h4-7H,1-3H3;3-7,10H,1-2H3;3-8H,1-2H3;4-6H,3H2,1-2H3;3-6H,1-2H3,(H,9,10);3-5H,1-2H3,(H,9,10);4-6H,1-3H3;6*1H4. The molecule has 12 heteroatoms. The van der Waals surface area contributed by atoms with E-state index in [1.54, 1.807) is 43.9 Å². The average molecular weight is 1040 g/mol. The van der Waals surface area contributed by atoms with Crippen LogP contribution in [0, 0.1) is 5.92 Å². The molecule has 12 nitrogen and oxygen atoms in total. The number of hydrogen-bond donors (Lipinski definition) is 3. The number of carbonyl (C=O) groups excluding carboxylic acids is 1. The number of ether oxygens (including phenoxy) is 1. The van der Waals surface area contributed by atoms with E-state index >= 15 is 0 Å². The second-order valence-corrected chi connectivity index (χ2v) is 18.4. The number of benzene rings is 2. The predicted octanol–water partition coefficient (Wildman–Crippen LogP) is 16.9. The molecular weight excluding hydrogens is 935 g/mol. The lowest BCUT2D eigenvalue weighted by molar-refractivity contribution is -0.113. The molecule has 4 aromatic heterocycles. The first kappa shape index (κ1) is 79.7. The van der Waals surface area contributed by atoms with Gasteiger partial charge in [0.05, 0.1) is 24.7 Å². The minimum Gasteiger partial charge on any atom is -0.508 e. The maximum absolute atomic E-state index is 10.8. The maximum Gasteiger partial charge on any atom is 0.266 e. The van der Waals surface area contributed by atoms with Crippen molar-refractivity contribution in [3.05, 3.63) is 182 Å². The third-order valence-electron chi connectivity index (χ3n) is 10.0. The molecule has 0 amide bonds. The number of carbonyl (C=O) groups is 1. The van der Waals surface area contributed by atoms with Gasteiger partial charge >= 0.3 is 0 Å². The van der Waals surface area contributed by atoms with Crippen LogP contribution in [0.25, 0.3) is 0 Å². The van der Waals surface area contributed by atoms with E-state index in [1.807, 2.05) is 108 Å². The van der Waals surface area contributed by atoms with Gasteiger partial charge in [0.1, 0.15) is 5.75 Å². The van der Waals surface area contributed by atoms with Gasteiger partial charge in [-0.15, -0.1) is 0 Å². The zero-order chi connectivity index (χ0) is 52.1. The van der Waals surface area contributed by atoms with E-state index in [-0.39, 0.29) is 61.3 Å². The van der Waals surface area contributed by atoms with Crippen LogP contribution in [0.15, 0.2) is 142 Å². The number of phenols is 1. The summed E-state index contributed by atoms with van der Waals surface area (Å²) in [6.45, 7) is 29.3. The highest BCUT2D eigenvalue weighted by molar-refractivity contribution is 6.01. The molecule has 0 spiro atoms. The number of aryl methyl sites for hydroxylation is 1. The molecule has 0 unspecified atom stereocenters. The summed E-state index contributed by atoms with van der Waals surface area (Å²) in [7, 11) is 3.57. The molecule has 0 aliphatic carbocycles. The highest BCUT2D eigenvalue weighted by atomic mass is 16.5. The van der Waals surface area contributed by atoms with Gasteiger partial charge in [-0.2, -0.15) is 5.10 Å². The fourth-order valence-corrected chi connectivity index (χ4v) is 5.70. The van der Waals surface area contributed by atoms with Crippen LogP contribution in [0.1, 0.15) is 217 Å². The Morgan fingerprint density at radius 1 is 0.600 bits per heavy atom.